The van der Waals surface area contributed by atoms with Gasteiger partial charge in [0, 0.05) is 23.5 Å². The molecule has 1 heterocycles. The van der Waals surface area contributed by atoms with Crippen LogP contribution in [0.4, 0.5) is 24.5 Å². The first-order chi connectivity index (χ1) is 13.1. The van der Waals surface area contributed by atoms with Crippen LogP contribution in [-0.2, 0) is 14.6 Å². The molecule has 1 fully saturated rings. The Labute approximate surface area is 157 Å². The number of nitrogens with one attached hydrogen (secondary N) is 2. The third-order valence-electron chi connectivity index (χ3n) is 3.93. The first-order valence-corrected chi connectivity index (χ1v) is 9.56. The summed E-state index contributed by atoms with van der Waals surface area (Å²) in [7, 11) is -5.79. The topological polar surface area (TPSA) is 105 Å². The zero-order valence-electron chi connectivity index (χ0n) is 14.2. The van der Waals surface area contributed by atoms with Crippen molar-refractivity contribution >= 4 is 33.0 Å². The molecule has 1 saturated carbocycles. The molecular formula is C17H14F3N3O4S. The normalized spacial score (nSPS) is 14.4. The summed E-state index contributed by atoms with van der Waals surface area (Å²) in [6, 6.07) is 7.95. The van der Waals surface area contributed by atoms with Gasteiger partial charge in [0.2, 0.25) is 5.91 Å². The SMILES string of the molecule is O=C(Nc1ccc(NC(=O)C2CC2)cc1)c1cccnc1S(=O)(=O)C(F)(F)F. The summed E-state index contributed by atoms with van der Waals surface area (Å²) in [4.78, 5) is 27.2. The van der Waals surface area contributed by atoms with E-state index in [-0.39, 0.29) is 17.5 Å². The van der Waals surface area contributed by atoms with E-state index >= 15 is 0 Å². The smallest absolute Gasteiger partial charge is 0.326 e. The molecule has 148 valence electrons. The molecule has 2 N–H and O–H groups in total. The number of hydrogen-bond donors (Lipinski definition) is 2. The van der Waals surface area contributed by atoms with Gasteiger partial charge in [-0.05, 0) is 49.2 Å². The second-order valence-corrected chi connectivity index (χ2v) is 7.96. The summed E-state index contributed by atoms with van der Waals surface area (Å²) in [5.41, 5.74) is -5.62. The fraction of sp³-hybridized carbons (Fsp3) is 0.235. The molecule has 0 saturated heterocycles. The highest BCUT2D eigenvalue weighted by molar-refractivity contribution is 7.92. The zero-order valence-corrected chi connectivity index (χ0v) is 15.0. The number of pyridine rings is 1. The number of alkyl halides is 3. The minimum absolute atomic E-state index is 0.0129. The third kappa shape index (κ3) is 4.14. The number of hydrogen-bond acceptors (Lipinski definition) is 5. The van der Waals surface area contributed by atoms with Crippen molar-refractivity contribution < 1.29 is 31.2 Å². The van der Waals surface area contributed by atoms with E-state index in [0.29, 0.717) is 5.69 Å². The van der Waals surface area contributed by atoms with Gasteiger partial charge in [0.15, 0.2) is 5.03 Å². The lowest BCUT2D eigenvalue weighted by Gasteiger charge is -2.12. The average molecular weight is 413 g/mol. The molecule has 0 unspecified atom stereocenters. The van der Waals surface area contributed by atoms with Gasteiger partial charge in [0.25, 0.3) is 15.7 Å². The van der Waals surface area contributed by atoms with Crippen LogP contribution in [-0.4, -0.2) is 30.7 Å². The molecular weight excluding hydrogens is 399 g/mol. The van der Waals surface area contributed by atoms with Gasteiger partial charge < -0.3 is 10.6 Å². The first kappa shape index (κ1) is 19.8. The Bertz CT molecular complexity index is 1020. The number of halogens is 3. The van der Waals surface area contributed by atoms with Crippen molar-refractivity contribution in [2.45, 2.75) is 23.4 Å². The summed E-state index contributed by atoms with van der Waals surface area (Å²) < 4.78 is 61.7. The second-order valence-electron chi connectivity index (χ2n) is 6.10. The second kappa shape index (κ2) is 7.23. The number of carbonyl (C=O) groups is 2. The molecule has 2 amide bonds. The van der Waals surface area contributed by atoms with Crippen LogP contribution in [0.2, 0.25) is 0 Å². The number of anilines is 2. The summed E-state index contributed by atoms with van der Waals surface area (Å²) in [5, 5.41) is 3.64. The molecule has 0 spiro atoms. The van der Waals surface area contributed by atoms with E-state index in [0.717, 1.165) is 31.2 Å². The van der Waals surface area contributed by atoms with Crippen molar-refractivity contribution in [2.24, 2.45) is 5.92 Å². The number of amides is 2. The number of benzene rings is 1. The molecule has 2 aromatic rings. The van der Waals surface area contributed by atoms with Crippen LogP contribution in [0.1, 0.15) is 23.2 Å². The van der Waals surface area contributed by atoms with Crippen molar-refractivity contribution in [3.05, 3.63) is 48.2 Å². The maximum Gasteiger partial charge on any atom is 0.503 e. The summed E-state index contributed by atoms with van der Waals surface area (Å²) in [6.07, 6.45) is 2.54. The highest BCUT2D eigenvalue weighted by atomic mass is 32.2. The summed E-state index contributed by atoms with van der Waals surface area (Å²) >= 11 is 0. The maximum atomic E-state index is 12.8. The molecule has 1 aliphatic rings. The first-order valence-electron chi connectivity index (χ1n) is 8.08. The molecule has 11 heteroatoms. The fourth-order valence-corrected chi connectivity index (χ4v) is 3.18. The lowest BCUT2D eigenvalue weighted by molar-refractivity contribution is -0.117. The van der Waals surface area contributed by atoms with Gasteiger partial charge >= 0.3 is 5.51 Å². The number of aromatic nitrogens is 1. The van der Waals surface area contributed by atoms with Gasteiger partial charge in [0.1, 0.15) is 0 Å². The van der Waals surface area contributed by atoms with Crippen LogP contribution in [0.5, 0.6) is 0 Å². The van der Waals surface area contributed by atoms with E-state index in [1.807, 2.05) is 0 Å². The van der Waals surface area contributed by atoms with E-state index in [1.165, 1.54) is 24.3 Å². The molecule has 7 nitrogen and oxygen atoms in total. The molecule has 3 rings (SSSR count). The maximum absolute atomic E-state index is 12.8. The van der Waals surface area contributed by atoms with Crippen LogP contribution in [0.25, 0.3) is 0 Å². The Balaban J connectivity index is 1.78. The van der Waals surface area contributed by atoms with Crippen molar-refractivity contribution in [2.75, 3.05) is 10.6 Å². The highest BCUT2D eigenvalue weighted by Crippen LogP contribution is 2.32. The summed E-state index contributed by atoms with van der Waals surface area (Å²) in [5.74, 6) is -1.15. The molecule has 1 aliphatic carbocycles. The quantitative estimate of drug-likeness (QED) is 0.784. The Morgan fingerprint density at radius 3 is 2.11 bits per heavy atom. The molecule has 28 heavy (non-hydrogen) atoms. The lowest BCUT2D eigenvalue weighted by Crippen LogP contribution is -2.27. The number of nitrogens with zero attached hydrogens (tertiary/aromatic N) is 1. The van der Waals surface area contributed by atoms with Gasteiger partial charge in [-0.3, -0.25) is 9.59 Å². The van der Waals surface area contributed by atoms with E-state index < -0.39 is 31.8 Å². The summed E-state index contributed by atoms with van der Waals surface area (Å²) in [6.45, 7) is 0. The third-order valence-corrected chi connectivity index (χ3v) is 5.38. The Morgan fingerprint density at radius 2 is 1.57 bits per heavy atom. The Kier molecular flexibility index (Phi) is 5.11. The van der Waals surface area contributed by atoms with E-state index in [4.69, 9.17) is 0 Å². The molecule has 1 aromatic carbocycles. The van der Waals surface area contributed by atoms with Gasteiger partial charge in [-0.15, -0.1) is 0 Å². The minimum atomic E-state index is -5.79. The molecule has 0 atom stereocenters. The number of carbonyl (C=O) groups excluding carboxylic acids is 2. The molecule has 0 radical (unpaired) electrons. The largest absolute Gasteiger partial charge is 0.503 e. The van der Waals surface area contributed by atoms with Crippen LogP contribution < -0.4 is 10.6 Å². The predicted octanol–water partition coefficient (Wildman–Crippen LogP) is 2.98. The van der Waals surface area contributed by atoms with Crippen molar-refractivity contribution in [1.29, 1.82) is 0 Å². The van der Waals surface area contributed by atoms with Gasteiger partial charge in [-0.2, -0.15) is 13.2 Å². The molecule has 0 aliphatic heterocycles. The van der Waals surface area contributed by atoms with Crippen molar-refractivity contribution in [3.63, 3.8) is 0 Å². The zero-order chi connectivity index (χ0) is 20.5. The highest BCUT2D eigenvalue weighted by Gasteiger charge is 2.49. The minimum Gasteiger partial charge on any atom is -0.326 e. The standard InChI is InChI=1S/C17H14F3N3O4S/c18-17(19,20)28(26,27)16-13(2-1-9-21-16)15(25)23-12-7-5-11(6-8-12)22-14(24)10-3-4-10/h1-2,5-10H,3-4H2,(H,22,24)(H,23,25). The van der Waals surface area contributed by atoms with Crippen molar-refractivity contribution in [3.8, 4) is 0 Å². The van der Waals surface area contributed by atoms with Crippen LogP contribution in [0.3, 0.4) is 0 Å². The van der Waals surface area contributed by atoms with E-state index in [2.05, 4.69) is 15.6 Å². The average Bonchev–Trinajstić information content (AvgIpc) is 3.47. The molecule has 0 bridgehead atoms. The van der Waals surface area contributed by atoms with Gasteiger partial charge in [0.05, 0.1) is 5.56 Å². The Hall–Kier alpha value is -2.95. The lowest BCUT2D eigenvalue weighted by atomic mass is 10.2. The van der Waals surface area contributed by atoms with E-state index in [9.17, 15) is 31.2 Å². The van der Waals surface area contributed by atoms with Crippen LogP contribution in [0.15, 0.2) is 47.6 Å². The monoisotopic (exact) mass is 413 g/mol. The van der Waals surface area contributed by atoms with Crippen LogP contribution >= 0.6 is 0 Å². The van der Waals surface area contributed by atoms with Crippen LogP contribution in [0, 0.1) is 5.92 Å². The predicted molar refractivity (Wildman–Crippen MR) is 93.2 cm³/mol. The van der Waals surface area contributed by atoms with E-state index in [1.54, 1.807) is 0 Å². The number of rotatable bonds is 5. The molecule has 1 aromatic heterocycles. The number of sulfone groups is 1. The fourth-order valence-electron chi connectivity index (χ4n) is 2.31. The van der Waals surface area contributed by atoms with Gasteiger partial charge in [-0.1, -0.05) is 0 Å². The van der Waals surface area contributed by atoms with Crippen molar-refractivity contribution in [1.82, 2.24) is 4.98 Å². The Morgan fingerprint density at radius 1 is 1.00 bits per heavy atom. The van der Waals surface area contributed by atoms with Gasteiger partial charge in [-0.25, -0.2) is 13.4 Å².